The van der Waals surface area contributed by atoms with Crippen LogP contribution in [0, 0.1) is 0 Å². The van der Waals surface area contributed by atoms with Crippen LogP contribution in [0.15, 0.2) is 41.2 Å². The zero-order chi connectivity index (χ0) is 33.6. The molecule has 6 N–H and O–H groups in total. The highest BCUT2D eigenvalue weighted by molar-refractivity contribution is 6.03. The number of benzene rings is 2. The van der Waals surface area contributed by atoms with Crippen molar-refractivity contribution in [3.05, 3.63) is 58.0 Å². The van der Waals surface area contributed by atoms with Gasteiger partial charge in [0.25, 0.3) is 11.8 Å². The third kappa shape index (κ3) is 12.0. The summed E-state index contributed by atoms with van der Waals surface area (Å²) in [6, 6.07) is 9.45. The van der Waals surface area contributed by atoms with Crippen LogP contribution in [0.3, 0.4) is 0 Å². The average Bonchev–Trinajstić information content (AvgIpc) is 3.81. The van der Waals surface area contributed by atoms with E-state index in [-0.39, 0.29) is 59.2 Å². The van der Waals surface area contributed by atoms with Gasteiger partial charge in [0.15, 0.2) is 0 Å². The van der Waals surface area contributed by atoms with Crippen molar-refractivity contribution in [1.29, 1.82) is 0 Å². The number of nitrogens with one attached hydrogen (secondary N) is 6. The van der Waals surface area contributed by atoms with Crippen LogP contribution in [0.2, 0.25) is 0 Å². The number of rotatable bonds is 20. The Bertz CT molecular complexity index is 1580. The summed E-state index contributed by atoms with van der Waals surface area (Å²) < 4.78 is 10.6. The standard InChI is InChI=1S/C33H45N7O7/c1-3-40(4-2)14-6-5-12-34-31(43)22-16-23(32(44)35-13-7-15-46-20-26-21-47-26)18-25(17-22)37-30(42)11-10-29(41)36-24-8-9-27-28(19-24)39-33(45)38-27/h8-9,16-19,26H,3-7,10-15,20-21H2,1-2H3,(H,34,43)(H,35,44)(H,36,41)(H,37,42)(H2,38,39,45). The average molecular weight is 652 g/mol. The molecule has 14 nitrogen and oxygen atoms in total. The van der Waals surface area contributed by atoms with Crippen molar-refractivity contribution < 1.29 is 28.7 Å². The summed E-state index contributed by atoms with van der Waals surface area (Å²) in [6.07, 6.45) is 2.29. The predicted octanol–water partition coefficient (Wildman–Crippen LogP) is 2.60. The van der Waals surface area contributed by atoms with Gasteiger partial charge in [-0.3, -0.25) is 19.2 Å². The van der Waals surface area contributed by atoms with E-state index in [4.69, 9.17) is 9.47 Å². The number of fused-ring (bicyclic) bond motifs is 1. The number of hydrogen-bond donors (Lipinski definition) is 6. The Morgan fingerprint density at radius 2 is 1.45 bits per heavy atom. The summed E-state index contributed by atoms with van der Waals surface area (Å²) in [5.74, 6) is -1.59. The molecule has 1 atom stereocenters. The van der Waals surface area contributed by atoms with Crippen LogP contribution in [0.4, 0.5) is 11.4 Å². The molecule has 47 heavy (non-hydrogen) atoms. The number of ether oxygens (including phenoxy) is 2. The fourth-order valence-electron chi connectivity index (χ4n) is 4.91. The number of H-pyrrole nitrogens is 2. The Morgan fingerprint density at radius 1 is 0.830 bits per heavy atom. The zero-order valence-corrected chi connectivity index (χ0v) is 27.0. The second-order valence-corrected chi connectivity index (χ2v) is 11.4. The van der Waals surface area contributed by atoms with Gasteiger partial charge in [-0.2, -0.15) is 0 Å². The zero-order valence-electron chi connectivity index (χ0n) is 27.0. The maximum Gasteiger partial charge on any atom is 0.323 e. The topological polar surface area (TPSA) is 190 Å². The van der Waals surface area contributed by atoms with Crippen LogP contribution in [0.5, 0.6) is 0 Å². The lowest BCUT2D eigenvalue weighted by atomic mass is 10.1. The van der Waals surface area contributed by atoms with E-state index >= 15 is 0 Å². The van der Waals surface area contributed by atoms with Gasteiger partial charge in [0, 0.05) is 55.0 Å². The van der Waals surface area contributed by atoms with E-state index in [9.17, 15) is 24.0 Å². The molecule has 0 saturated carbocycles. The molecule has 1 saturated heterocycles. The molecule has 3 aromatic rings. The van der Waals surface area contributed by atoms with Crippen LogP contribution in [-0.2, 0) is 19.1 Å². The molecule has 2 heterocycles. The molecule has 0 spiro atoms. The minimum atomic E-state index is -0.456. The van der Waals surface area contributed by atoms with Crippen molar-refractivity contribution in [2.45, 2.75) is 52.1 Å². The van der Waals surface area contributed by atoms with E-state index in [1.807, 2.05) is 0 Å². The highest BCUT2D eigenvalue weighted by atomic mass is 16.6. The van der Waals surface area contributed by atoms with Crippen LogP contribution in [0.25, 0.3) is 11.0 Å². The lowest BCUT2D eigenvalue weighted by molar-refractivity contribution is -0.121. The monoisotopic (exact) mass is 651 g/mol. The summed E-state index contributed by atoms with van der Waals surface area (Å²) in [4.78, 5) is 70.5. The first-order chi connectivity index (χ1) is 22.7. The number of imidazole rings is 1. The highest BCUT2D eigenvalue weighted by Crippen LogP contribution is 2.18. The van der Waals surface area contributed by atoms with Gasteiger partial charge in [-0.25, -0.2) is 4.79 Å². The smallest absolute Gasteiger partial charge is 0.323 e. The number of nitrogens with zero attached hydrogens (tertiary/aromatic N) is 1. The number of aromatic nitrogens is 2. The highest BCUT2D eigenvalue weighted by Gasteiger charge is 2.22. The van der Waals surface area contributed by atoms with E-state index in [0.29, 0.717) is 49.4 Å². The maximum absolute atomic E-state index is 13.1. The van der Waals surface area contributed by atoms with Crippen molar-refractivity contribution in [2.75, 3.05) is 63.2 Å². The molecule has 1 aliphatic heterocycles. The van der Waals surface area contributed by atoms with Crippen LogP contribution in [0.1, 0.15) is 66.7 Å². The van der Waals surface area contributed by atoms with Gasteiger partial charge in [0.05, 0.1) is 24.2 Å². The number of amides is 4. The summed E-state index contributed by atoms with van der Waals surface area (Å²) in [5.41, 5.74) is 2.01. The SMILES string of the molecule is CCN(CC)CCCCNC(=O)c1cc(NC(=O)CCC(=O)Nc2ccc3[nH]c(=O)[nH]c3c2)cc(C(=O)NCCCOCC2CO2)c1. The van der Waals surface area contributed by atoms with Gasteiger partial charge in [0.2, 0.25) is 11.8 Å². The molecule has 2 aromatic carbocycles. The minimum Gasteiger partial charge on any atom is -0.379 e. The molecular formula is C33H45N7O7. The van der Waals surface area contributed by atoms with Gasteiger partial charge in [0.1, 0.15) is 6.10 Å². The number of carbonyl (C=O) groups excluding carboxylic acids is 4. The van der Waals surface area contributed by atoms with Gasteiger partial charge in [-0.05, 0) is 75.3 Å². The molecule has 0 aliphatic carbocycles. The molecular weight excluding hydrogens is 606 g/mol. The third-order valence-electron chi connectivity index (χ3n) is 7.66. The van der Waals surface area contributed by atoms with Gasteiger partial charge in [-0.15, -0.1) is 0 Å². The minimum absolute atomic E-state index is 0.108. The van der Waals surface area contributed by atoms with Gasteiger partial charge >= 0.3 is 5.69 Å². The number of carbonyl (C=O) groups is 4. The second kappa shape index (κ2) is 18.0. The van der Waals surface area contributed by atoms with Crippen molar-refractivity contribution in [3.63, 3.8) is 0 Å². The summed E-state index contributed by atoms with van der Waals surface area (Å²) in [5, 5.41) is 11.2. The Hall–Kier alpha value is -4.53. The van der Waals surface area contributed by atoms with Crippen LogP contribution in [-0.4, -0.2) is 97.1 Å². The molecule has 0 radical (unpaired) electrons. The van der Waals surface area contributed by atoms with Crippen molar-refractivity contribution in [1.82, 2.24) is 25.5 Å². The molecule has 4 rings (SSSR count). The lowest BCUT2D eigenvalue weighted by Gasteiger charge is -2.17. The largest absolute Gasteiger partial charge is 0.379 e. The number of hydrogen-bond acceptors (Lipinski definition) is 8. The molecule has 0 bridgehead atoms. The van der Waals surface area contributed by atoms with Crippen LogP contribution >= 0.6 is 0 Å². The summed E-state index contributed by atoms with van der Waals surface area (Å²) >= 11 is 0. The third-order valence-corrected chi connectivity index (χ3v) is 7.66. The van der Waals surface area contributed by atoms with Gasteiger partial charge < -0.3 is 45.6 Å². The van der Waals surface area contributed by atoms with E-state index < -0.39 is 5.91 Å². The Balaban J connectivity index is 1.32. The normalized spacial score (nSPS) is 13.8. The number of aromatic amines is 2. The van der Waals surface area contributed by atoms with Crippen LogP contribution < -0.4 is 27.0 Å². The van der Waals surface area contributed by atoms with E-state index in [1.165, 1.54) is 18.2 Å². The molecule has 14 heteroatoms. The number of unbranched alkanes of at least 4 members (excludes halogenated alkanes) is 1. The molecule has 1 unspecified atom stereocenters. The molecule has 1 fully saturated rings. The van der Waals surface area contributed by atoms with Gasteiger partial charge in [-0.1, -0.05) is 13.8 Å². The summed E-state index contributed by atoms with van der Waals surface area (Å²) in [6.45, 7) is 9.74. The Kier molecular flexibility index (Phi) is 13.5. The number of anilines is 2. The predicted molar refractivity (Wildman–Crippen MR) is 179 cm³/mol. The maximum atomic E-state index is 13.1. The molecule has 1 aromatic heterocycles. The van der Waals surface area contributed by atoms with E-state index in [2.05, 4.69) is 50.0 Å². The molecule has 4 amide bonds. The quantitative estimate of drug-likeness (QED) is 0.0794. The second-order valence-electron chi connectivity index (χ2n) is 11.4. The molecule has 1 aliphatic rings. The first kappa shape index (κ1) is 35.3. The van der Waals surface area contributed by atoms with Crippen molar-refractivity contribution >= 4 is 46.0 Å². The van der Waals surface area contributed by atoms with E-state index in [0.717, 1.165) is 39.1 Å². The summed E-state index contributed by atoms with van der Waals surface area (Å²) in [7, 11) is 0. The first-order valence-electron chi connectivity index (χ1n) is 16.2. The molecule has 254 valence electrons. The Labute approximate surface area is 273 Å². The number of epoxide rings is 1. The first-order valence-corrected chi connectivity index (χ1v) is 16.2. The van der Waals surface area contributed by atoms with E-state index in [1.54, 1.807) is 18.2 Å². The van der Waals surface area contributed by atoms with Crippen molar-refractivity contribution in [3.8, 4) is 0 Å². The lowest BCUT2D eigenvalue weighted by Crippen LogP contribution is -2.28. The fourth-order valence-corrected chi connectivity index (χ4v) is 4.91. The Morgan fingerprint density at radius 3 is 2.09 bits per heavy atom. The van der Waals surface area contributed by atoms with Crippen molar-refractivity contribution in [2.24, 2.45) is 0 Å². The fraction of sp³-hybridized carbons (Fsp3) is 0.485.